The molecule has 0 radical (unpaired) electrons. The van der Waals surface area contributed by atoms with Gasteiger partial charge in [-0.1, -0.05) is 12.1 Å². The SMILES string of the molecule is CCOC(=O)CCNCc1ccc2c(c1)CCN2C. The van der Waals surface area contributed by atoms with Crippen LogP contribution in [0.1, 0.15) is 24.5 Å². The number of rotatable bonds is 6. The Bertz CT molecular complexity index is 446. The monoisotopic (exact) mass is 262 g/mol. The zero-order valence-corrected chi connectivity index (χ0v) is 11.7. The number of hydrogen-bond acceptors (Lipinski definition) is 4. The van der Waals surface area contributed by atoms with E-state index in [2.05, 4.69) is 35.5 Å². The largest absolute Gasteiger partial charge is 0.466 e. The predicted molar refractivity (Wildman–Crippen MR) is 76.4 cm³/mol. The first-order valence-corrected chi connectivity index (χ1v) is 6.90. The number of benzene rings is 1. The van der Waals surface area contributed by atoms with Gasteiger partial charge in [0, 0.05) is 32.4 Å². The maximum Gasteiger partial charge on any atom is 0.307 e. The molecule has 1 aromatic rings. The molecule has 1 heterocycles. The van der Waals surface area contributed by atoms with Gasteiger partial charge in [-0.3, -0.25) is 4.79 Å². The van der Waals surface area contributed by atoms with Crippen molar-refractivity contribution in [2.75, 3.05) is 31.6 Å². The lowest BCUT2D eigenvalue weighted by atomic mass is 10.1. The first-order valence-electron chi connectivity index (χ1n) is 6.90. The zero-order valence-electron chi connectivity index (χ0n) is 11.7. The van der Waals surface area contributed by atoms with Crippen LogP contribution in [0.4, 0.5) is 5.69 Å². The van der Waals surface area contributed by atoms with Gasteiger partial charge in [0.2, 0.25) is 0 Å². The molecule has 0 aromatic heterocycles. The van der Waals surface area contributed by atoms with Gasteiger partial charge in [0.25, 0.3) is 0 Å². The van der Waals surface area contributed by atoms with Crippen LogP contribution in [0.25, 0.3) is 0 Å². The molecule has 4 nitrogen and oxygen atoms in total. The van der Waals surface area contributed by atoms with E-state index in [-0.39, 0.29) is 5.97 Å². The number of carbonyl (C=O) groups excluding carboxylic acids is 1. The van der Waals surface area contributed by atoms with E-state index in [4.69, 9.17) is 4.74 Å². The average Bonchev–Trinajstić information content (AvgIpc) is 2.76. The highest BCUT2D eigenvalue weighted by Gasteiger charge is 2.15. The van der Waals surface area contributed by atoms with E-state index in [0.717, 1.165) is 19.5 Å². The van der Waals surface area contributed by atoms with Crippen LogP contribution < -0.4 is 10.2 Å². The summed E-state index contributed by atoms with van der Waals surface area (Å²) in [5.74, 6) is -0.134. The Morgan fingerprint density at radius 1 is 1.47 bits per heavy atom. The Kier molecular flexibility index (Phi) is 4.80. The summed E-state index contributed by atoms with van der Waals surface area (Å²) in [4.78, 5) is 13.5. The van der Waals surface area contributed by atoms with Crippen LogP contribution in [0.15, 0.2) is 18.2 Å². The minimum atomic E-state index is -0.134. The average molecular weight is 262 g/mol. The second kappa shape index (κ2) is 6.57. The zero-order chi connectivity index (χ0) is 13.7. The first kappa shape index (κ1) is 13.9. The molecule has 0 unspecified atom stereocenters. The normalized spacial score (nSPS) is 13.5. The maximum atomic E-state index is 11.2. The summed E-state index contributed by atoms with van der Waals surface area (Å²) in [5.41, 5.74) is 4.04. The van der Waals surface area contributed by atoms with E-state index >= 15 is 0 Å². The Morgan fingerprint density at radius 2 is 2.32 bits per heavy atom. The first-order chi connectivity index (χ1) is 9.20. The summed E-state index contributed by atoms with van der Waals surface area (Å²) >= 11 is 0. The summed E-state index contributed by atoms with van der Waals surface area (Å²) in [6, 6.07) is 6.60. The van der Waals surface area contributed by atoms with Crippen molar-refractivity contribution in [2.24, 2.45) is 0 Å². The van der Waals surface area contributed by atoms with Crippen molar-refractivity contribution < 1.29 is 9.53 Å². The Labute approximate surface area is 114 Å². The van der Waals surface area contributed by atoms with Gasteiger partial charge in [0.1, 0.15) is 0 Å². The lowest BCUT2D eigenvalue weighted by Gasteiger charge is -2.12. The van der Waals surface area contributed by atoms with Crippen molar-refractivity contribution in [1.82, 2.24) is 5.32 Å². The molecule has 0 saturated heterocycles. The summed E-state index contributed by atoms with van der Waals surface area (Å²) in [6.07, 6.45) is 1.56. The molecule has 0 bridgehead atoms. The molecule has 1 N–H and O–H groups in total. The number of carbonyl (C=O) groups is 1. The number of nitrogens with zero attached hydrogens (tertiary/aromatic N) is 1. The molecular formula is C15H22N2O2. The summed E-state index contributed by atoms with van der Waals surface area (Å²) in [5, 5.41) is 3.28. The Hall–Kier alpha value is -1.55. The number of hydrogen-bond donors (Lipinski definition) is 1. The van der Waals surface area contributed by atoms with Crippen molar-refractivity contribution in [1.29, 1.82) is 0 Å². The molecule has 104 valence electrons. The molecule has 1 aromatic carbocycles. The number of nitrogens with one attached hydrogen (secondary N) is 1. The molecule has 0 fully saturated rings. The molecule has 0 amide bonds. The van der Waals surface area contributed by atoms with Gasteiger partial charge in [-0.25, -0.2) is 0 Å². The number of ether oxygens (including phenoxy) is 1. The van der Waals surface area contributed by atoms with Crippen LogP contribution in [0.3, 0.4) is 0 Å². The quantitative estimate of drug-likeness (QED) is 0.626. The fraction of sp³-hybridized carbons (Fsp3) is 0.533. The second-order valence-corrected chi connectivity index (χ2v) is 4.87. The summed E-state index contributed by atoms with van der Waals surface area (Å²) in [6.45, 7) is 4.85. The highest BCUT2D eigenvalue weighted by molar-refractivity contribution is 5.69. The molecule has 0 saturated carbocycles. The van der Waals surface area contributed by atoms with E-state index in [1.165, 1.54) is 16.8 Å². The van der Waals surface area contributed by atoms with E-state index < -0.39 is 0 Å². The standard InChI is InChI=1S/C15H22N2O2/c1-3-19-15(18)6-8-16-11-12-4-5-14-13(10-12)7-9-17(14)2/h4-5,10,16H,3,6-9,11H2,1-2H3. The number of anilines is 1. The fourth-order valence-electron chi connectivity index (χ4n) is 2.39. The van der Waals surface area contributed by atoms with E-state index in [9.17, 15) is 4.79 Å². The molecule has 0 aliphatic carbocycles. The Balaban J connectivity index is 1.76. The second-order valence-electron chi connectivity index (χ2n) is 4.87. The highest BCUT2D eigenvalue weighted by Crippen LogP contribution is 2.27. The highest BCUT2D eigenvalue weighted by atomic mass is 16.5. The molecule has 2 rings (SSSR count). The van der Waals surface area contributed by atoms with Gasteiger partial charge in [0.15, 0.2) is 0 Å². The molecule has 1 aliphatic rings. The van der Waals surface area contributed by atoms with Crippen LogP contribution in [0.2, 0.25) is 0 Å². The minimum absolute atomic E-state index is 0.134. The third-order valence-corrected chi connectivity index (χ3v) is 3.41. The van der Waals surface area contributed by atoms with Gasteiger partial charge in [0.05, 0.1) is 13.0 Å². The molecule has 0 spiro atoms. The lowest BCUT2D eigenvalue weighted by Crippen LogP contribution is -2.19. The molecule has 1 aliphatic heterocycles. The van der Waals surface area contributed by atoms with Gasteiger partial charge in [-0.2, -0.15) is 0 Å². The smallest absolute Gasteiger partial charge is 0.307 e. The van der Waals surface area contributed by atoms with Gasteiger partial charge in [-0.05, 0) is 30.5 Å². The number of likely N-dealkylation sites (N-methyl/N-ethyl adjacent to an activating group) is 1. The van der Waals surface area contributed by atoms with Gasteiger partial charge in [-0.15, -0.1) is 0 Å². The van der Waals surface area contributed by atoms with E-state index in [1.807, 2.05) is 6.92 Å². The number of esters is 1. The third kappa shape index (κ3) is 3.70. The van der Waals surface area contributed by atoms with E-state index in [0.29, 0.717) is 19.6 Å². The van der Waals surface area contributed by atoms with E-state index in [1.54, 1.807) is 0 Å². The molecule has 19 heavy (non-hydrogen) atoms. The van der Waals surface area contributed by atoms with Crippen LogP contribution >= 0.6 is 0 Å². The summed E-state index contributed by atoms with van der Waals surface area (Å²) < 4.78 is 4.88. The molecule has 0 atom stereocenters. The maximum absolute atomic E-state index is 11.2. The van der Waals surface area contributed by atoms with Crippen LogP contribution in [-0.2, 0) is 22.5 Å². The van der Waals surface area contributed by atoms with Gasteiger partial charge < -0.3 is 15.0 Å². The van der Waals surface area contributed by atoms with Crippen LogP contribution in [-0.4, -0.2) is 32.7 Å². The van der Waals surface area contributed by atoms with Crippen molar-refractivity contribution in [3.05, 3.63) is 29.3 Å². The number of fused-ring (bicyclic) bond motifs is 1. The van der Waals surface area contributed by atoms with Crippen LogP contribution in [0, 0.1) is 0 Å². The topological polar surface area (TPSA) is 41.6 Å². The fourth-order valence-corrected chi connectivity index (χ4v) is 2.39. The molecular weight excluding hydrogens is 240 g/mol. The van der Waals surface area contributed by atoms with Crippen LogP contribution in [0.5, 0.6) is 0 Å². The Morgan fingerprint density at radius 3 is 3.11 bits per heavy atom. The van der Waals surface area contributed by atoms with Gasteiger partial charge >= 0.3 is 5.97 Å². The molecule has 4 heteroatoms. The third-order valence-electron chi connectivity index (χ3n) is 3.41. The van der Waals surface area contributed by atoms with Crippen molar-refractivity contribution in [3.63, 3.8) is 0 Å². The van der Waals surface area contributed by atoms with Crippen molar-refractivity contribution >= 4 is 11.7 Å². The lowest BCUT2D eigenvalue weighted by molar-refractivity contribution is -0.142. The van der Waals surface area contributed by atoms with Crippen molar-refractivity contribution in [2.45, 2.75) is 26.3 Å². The van der Waals surface area contributed by atoms with Crippen molar-refractivity contribution in [3.8, 4) is 0 Å². The summed E-state index contributed by atoms with van der Waals surface area (Å²) in [7, 11) is 2.13. The predicted octanol–water partition coefficient (Wildman–Crippen LogP) is 1.72. The minimum Gasteiger partial charge on any atom is -0.466 e.